The van der Waals surface area contributed by atoms with E-state index in [1.165, 1.54) is 64.6 Å². The SMILES string of the molecule is CSC1(CNC2CCCN(C(C)C)CC2)CCCC1. The van der Waals surface area contributed by atoms with Gasteiger partial charge in [0.05, 0.1) is 0 Å². The zero-order valence-electron chi connectivity index (χ0n) is 13.1. The van der Waals surface area contributed by atoms with E-state index in [0.717, 1.165) is 6.04 Å². The molecule has 112 valence electrons. The molecule has 0 aromatic heterocycles. The predicted octanol–water partition coefficient (Wildman–Crippen LogP) is 3.51. The standard InChI is InChI=1S/C16H32N2S/c1-14(2)18-11-6-7-15(8-12-18)17-13-16(19-3)9-4-5-10-16/h14-15,17H,4-13H2,1-3H3. The Morgan fingerprint density at radius 2 is 1.89 bits per heavy atom. The number of hydrogen-bond acceptors (Lipinski definition) is 3. The molecule has 3 heteroatoms. The van der Waals surface area contributed by atoms with Crippen molar-refractivity contribution in [2.75, 3.05) is 25.9 Å². The highest BCUT2D eigenvalue weighted by atomic mass is 32.2. The van der Waals surface area contributed by atoms with Gasteiger partial charge in [0, 0.05) is 23.4 Å². The molecule has 0 aromatic carbocycles. The quantitative estimate of drug-likeness (QED) is 0.831. The molecule has 2 rings (SSSR count). The molecule has 1 saturated carbocycles. The largest absolute Gasteiger partial charge is 0.313 e. The number of hydrogen-bond donors (Lipinski definition) is 1. The minimum absolute atomic E-state index is 0.560. The van der Waals surface area contributed by atoms with Crippen molar-refractivity contribution < 1.29 is 0 Å². The van der Waals surface area contributed by atoms with Gasteiger partial charge >= 0.3 is 0 Å². The minimum atomic E-state index is 0.560. The lowest BCUT2D eigenvalue weighted by Crippen LogP contribution is -2.41. The van der Waals surface area contributed by atoms with Crippen LogP contribution in [0.2, 0.25) is 0 Å². The maximum atomic E-state index is 3.91. The smallest absolute Gasteiger partial charge is 0.0281 e. The molecule has 1 unspecified atom stereocenters. The summed E-state index contributed by atoms with van der Waals surface area (Å²) in [6.07, 6.45) is 12.1. The summed E-state index contributed by atoms with van der Waals surface area (Å²) >= 11 is 2.11. The Bertz CT molecular complexity index is 261. The van der Waals surface area contributed by atoms with Crippen LogP contribution in [-0.4, -0.2) is 47.6 Å². The Hall–Kier alpha value is 0.270. The number of rotatable bonds is 5. The van der Waals surface area contributed by atoms with Crippen molar-refractivity contribution in [3.8, 4) is 0 Å². The number of nitrogens with one attached hydrogen (secondary N) is 1. The van der Waals surface area contributed by atoms with Crippen molar-refractivity contribution in [1.82, 2.24) is 10.2 Å². The Morgan fingerprint density at radius 1 is 1.16 bits per heavy atom. The molecule has 1 aliphatic carbocycles. The van der Waals surface area contributed by atoms with E-state index in [0.29, 0.717) is 10.8 Å². The Balaban J connectivity index is 1.77. The molecule has 0 radical (unpaired) electrons. The predicted molar refractivity (Wildman–Crippen MR) is 87.1 cm³/mol. The first kappa shape index (κ1) is 15.7. The molecule has 2 nitrogen and oxygen atoms in total. The van der Waals surface area contributed by atoms with Crippen molar-refractivity contribution >= 4 is 11.8 Å². The maximum Gasteiger partial charge on any atom is 0.0281 e. The summed E-state index contributed by atoms with van der Waals surface area (Å²) in [5.41, 5.74) is 0. The lowest BCUT2D eigenvalue weighted by Gasteiger charge is -2.30. The van der Waals surface area contributed by atoms with E-state index in [-0.39, 0.29) is 0 Å². The van der Waals surface area contributed by atoms with Crippen molar-refractivity contribution in [3.63, 3.8) is 0 Å². The first-order valence-electron chi connectivity index (χ1n) is 8.18. The van der Waals surface area contributed by atoms with E-state index >= 15 is 0 Å². The third-order valence-electron chi connectivity index (χ3n) is 5.15. The van der Waals surface area contributed by atoms with Gasteiger partial charge in [-0.3, -0.25) is 0 Å². The molecule has 2 fully saturated rings. The summed E-state index contributed by atoms with van der Waals surface area (Å²) in [6.45, 7) is 8.47. The highest BCUT2D eigenvalue weighted by molar-refractivity contribution is 8.00. The molecule has 0 spiro atoms. The summed E-state index contributed by atoms with van der Waals surface area (Å²) < 4.78 is 0.560. The molecule has 1 N–H and O–H groups in total. The average Bonchev–Trinajstić information content (AvgIpc) is 2.74. The monoisotopic (exact) mass is 284 g/mol. The first-order chi connectivity index (χ1) is 9.15. The van der Waals surface area contributed by atoms with Crippen molar-refractivity contribution in [2.45, 2.75) is 75.6 Å². The summed E-state index contributed by atoms with van der Waals surface area (Å²) in [6, 6.07) is 1.47. The topological polar surface area (TPSA) is 15.3 Å². The van der Waals surface area contributed by atoms with Crippen molar-refractivity contribution in [2.24, 2.45) is 0 Å². The summed E-state index contributed by atoms with van der Waals surface area (Å²) in [5.74, 6) is 0. The zero-order chi connectivity index (χ0) is 13.7. The second-order valence-corrected chi connectivity index (χ2v) is 8.01. The van der Waals surface area contributed by atoms with Crippen LogP contribution in [0.25, 0.3) is 0 Å². The normalized spacial score (nSPS) is 28.7. The van der Waals surface area contributed by atoms with Crippen LogP contribution in [0.5, 0.6) is 0 Å². The van der Waals surface area contributed by atoms with Gasteiger partial charge in [-0.2, -0.15) is 11.8 Å². The van der Waals surface area contributed by atoms with Gasteiger partial charge in [0.1, 0.15) is 0 Å². The highest BCUT2D eigenvalue weighted by Gasteiger charge is 2.33. The van der Waals surface area contributed by atoms with Gasteiger partial charge in [-0.25, -0.2) is 0 Å². The molecular weight excluding hydrogens is 252 g/mol. The van der Waals surface area contributed by atoms with Gasteiger partial charge in [0.2, 0.25) is 0 Å². The van der Waals surface area contributed by atoms with E-state index in [1.807, 2.05) is 0 Å². The van der Waals surface area contributed by atoms with Crippen LogP contribution in [0.3, 0.4) is 0 Å². The second kappa shape index (κ2) is 7.33. The average molecular weight is 285 g/mol. The molecule has 1 aliphatic heterocycles. The Kier molecular flexibility index (Phi) is 6.04. The van der Waals surface area contributed by atoms with Crippen LogP contribution in [0.15, 0.2) is 0 Å². The van der Waals surface area contributed by atoms with E-state index in [4.69, 9.17) is 0 Å². The minimum Gasteiger partial charge on any atom is -0.313 e. The van der Waals surface area contributed by atoms with E-state index < -0.39 is 0 Å². The third-order valence-corrected chi connectivity index (χ3v) is 6.57. The van der Waals surface area contributed by atoms with Crippen molar-refractivity contribution in [3.05, 3.63) is 0 Å². The van der Waals surface area contributed by atoms with Gasteiger partial charge in [0.15, 0.2) is 0 Å². The molecule has 1 atom stereocenters. The van der Waals surface area contributed by atoms with Crippen LogP contribution >= 0.6 is 11.8 Å². The molecule has 1 heterocycles. The number of thioether (sulfide) groups is 1. The van der Waals surface area contributed by atoms with Gasteiger partial charge in [-0.15, -0.1) is 0 Å². The molecular formula is C16H32N2S. The Morgan fingerprint density at radius 3 is 2.53 bits per heavy atom. The summed E-state index contributed by atoms with van der Waals surface area (Å²) in [4.78, 5) is 2.64. The van der Waals surface area contributed by atoms with Crippen LogP contribution in [0, 0.1) is 0 Å². The lowest BCUT2D eigenvalue weighted by molar-refractivity contribution is 0.229. The molecule has 19 heavy (non-hydrogen) atoms. The molecule has 0 amide bonds. The van der Waals surface area contributed by atoms with E-state index in [1.54, 1.807) is 0 Å². The van der Waals surface area contributed by atoms with Crippen LogP contribution in [-0.2, 0) is 0 Å². The molecule has 0 bridgehead atoms. The molecule has 0 aromatic rings. The van der Waals surface area contributed by atoms with Gasteiger partial charge in [-0.1, -0.05) is 12.8 Å². The van der Waals surface area contributed by atoms with Gasteiger partial charge in [0.25, 0.3) is 0 Å². The Labute approximate surface area is 124 Å². The third kappa shape index (κ3) is 4.37. The number of nitrogens with zero attached hydrogens (tertiary/aromatic N) is 1. The number of likely N-dealkylation sites (tertiary alicyclic amines) is 1. The van der Waals surface area contributed by atoms with Crippen LogP contribution in [0.1, 0.15) is 58.8 Å². The van der Waals surface area contributed by atoms with E-state index in [9.17, 15) is 0 Å². The van der Waals surface area contributed by atoms with Gasteiger partial charge < -0.3 is 10.2 Å². The highest BCUT2D eigenvalue weighted by Crippen LogP contribution is 2.39. The van der Waals surface area contributed by atoms with E-state index in [2.05, 4.69) is 42.1 Å². The molecule has 1 saturated heterocycles. The fourth-order valence-corrected chi connectivity index (χ4v) is 4.57. The zero-order valence-corrected chi connectivity index (χ0v) is 13.9. The first-order valence-corrected chi connectivity index (χ1v) is 9.40. The summed E-state index contributed by atoms with van der Waals surface area (Å²) in [5, 5.41) is 3.91. The van der Waals surface area contributed by atoms with Crippen molar-refractivity contribution in [1.29, 1.82) is 0 Å². The fourth-order valence-electron chi connectivity index (χ4n) is 3.64. The molecule has 2 aliphatic rings. The van der Waals surface area contributed by atoms with Crippen LogP contribution in [0.4, 0.5) is 0 Å². The fraction of sp³-hybridized carbons (Fsp3) is 1.00. The second-order valence-electron chi connectivity index (χ2n) is 6.73. The summed E-state index contributed by atoms with van der Waals surface area (Å²) in [7, 11) is 0. The van der Waals surface area contributed by atoms with Gasteiger partial charge in [-0.05, 0) is 65.3 Å². The lowest BCUT2D eigenvalue weighted by atomic mass is 10.0. The van der Waals surface area contributed by atoms with Crippen LogP contribution < -0.4 is 5.32 Å². The maximum absolute atomic E-state index is 3.91.